The van der Waals surface area contributed by atoms with Crippen LogP contribution in [0.1, 0.15) is 25.7 Å². The molecule has 0 bridgehead atoms. The third kappa shape index (κ3) is 2.58. The fourth-order valence-electron chi connectivity index (χ4n) is 3.43. The Kier molecular flexibility index (Phi) is 3.60. The summed E-state index contributed by atoms with van der Waals surface area (Å²) in [6.07, 6.45) is 13.0. The molecular weight excluding hydrogens is 304 g/mol. The number of nitrogens with one attached hydrogen (secondary N) is 1. The summed E-state index contributed by atoms with van der Waals surface area (Å²) in [5, 5.41) is 5.39. The Morgan fingerprint density at radius 2 is 2.17 bits per heavy atom. The third-order valence-corrected chi connectivity index (χ3v) is 4.54. The number of fused-ring (bicyclic) bond motifs is 1. The lowest BCUT2D eigenvalue weighted by atomic mass is 10.0. The highest BCUT2D eigenvalue weighted by Gasteiger charge is 2.22. The molecule has 122 valence electrons. The minimum Gasteiger partial charge on any atom is -0.366 e. The highest BCUT2D eigenvalue weighted by molar-refractivity contribution is 5.92. The first-order valence-electron chi connectivity index (χ1n) is 8.07. The average Bonchev–Trinajstić information content (AvgIpc) is 3.32. The number of primary amides is 1. The van der Waals surface area contributed by atoms with Crippen molar-refractivity contribution in [1.82, 2.24) is 24.7 Å². The van der Waals surface area contributed by atoms with E-state index in [4.69, 9.17) is 5.73 Å². The quantitative estimate of drug-likeness (QED) is 0.720. The molecule has 0 aliphatic heterocycles. The van der Waals surface area contributed by atoms with Gasteiger partial charge in [0.05, 0.1) is 17.6 Å². The Hall–Kier alpha value is -2.96. The SMILES string of the molecule is NC(=O)/C=C(\C1CCCC1)n1cc(-c2ncnc3[nH]ccc23)cn1. The van der Waals surface area contributed by atoms with Gasteiger partial charge in [0.25, 0.3) is 0 Å². The van der Waals surface area contributed by atoms with Crippen LogP contribution in [-0.4, -0.2) is 30.6 Å². The van der Waals surface area contributed by atoms with Gasteiger partial charge in [-0.15, -0.1) is 0 Å². The number of nitrogens with two attached hydrogens (primary N) is 1. The van der Waals surface area contributed by atoms with Crippen LogP contribution in [0.3, 0.4) is 0 Å². The molecule has 7 nitrogen and oxygen atoms in total. The number of rotatable bonds is 4. The van der Waals surface area contributed by atoms with Crippen molar-refractivity contribution in [2.75, 3.05) is 0 Å². The van der Waals surface area contributed by atoms with Gasteiger partial charge in [0.2, 0.25) is 5.91 Å². The molecule has 3 N–H and O–H groups in total. The highest BCUT2D eigenvalue weighted by Crippen LogP contribution is 2.34. The van der Waals surface area contributed by atoms with Crippen LogP contribution >= 0.6 is 0 Å². The Morgan fingerprint density at radius 3 is 2.96 bits per heavy atom. The van der Waals surface area contributed by atoms with Crippen LogP contribution in [0.15, 0.2) is 37.1 Å². The van der Waals surface area contributed by atoms with E-state index in [1.54, 1.807) is 10.9 Å². The monoisotopic (exact) mass is 322 g/mol. The summed E-state index contributed by atoms with van der Waals surface area (Å²) in [7, 11) is 0. The number of carbonyl (C=O) groups is 1. The number of nitrogens with zero attached hydrogens (tertiary/aromatic N) is 4. The fraction of sp³-hybridized carbons (Fsp3) is 0.294. The van der Waals surface area contributed by atoms with Crippen LogP contribution in [0.4, 0.5) is 0 Å². The molecule has 3 heterocycles. The van der Waals surface area contributed by atoms with Gasteiger partial charge >= 0.3 is 0 Å². The third-order valence-electron chi connectivity index (χ3n) is 4.54. The summed E-state index contributed by atoms with van der Waals surface area (Å²) in [6, 6.07) is 1.94. The van der Waals surface area contributed by atoms with E-state index in [-0.39, 0.29) is 0 Å². The second-order valence-electron chi connectivity index (χ2n) is 6.09. The van der Waals surface area contributed by atoms with Crippen molar-refractivity contribution in [3.63, 3.8) is 0 Å². The van der Waals surface area contributed by atoms with Crippen LogP contribution in [0.2, 0.25) is 0 Å². The number of amides is 1. The molecule has 0 spiro atoms. The number of aromatic amines is 1. The molecule has 3 aromatic rings. The number of hydrogen-bond acceptors (Lipinski definition) is 4. The van der Waals surface area contributed by atoms with E-state index in [9.17, 15) is 4.79 Å². The zero-order chi connectivity index (χ0) is 16.5. The molecule has 3 aromatic heterocycles. The molecule has 4 rings (SSSR count). The molecule has 0 radical (unpaired) electrons. The molecule has 0 saturated heterocycles. The van der Waals surface area contributed by atoms with Crippen molar-refractivity contribution in [3.8, 4) is 11.3 Å². The van der Waals surface area contributed by atoms with Gasteiger partial charge in [0, 0.05) is 35.3 Å². The smallest absolute Gasteiger partial charge is 0.243 e. The Labute approximate surface area is 138 Å². The van der Waals surface area contributed by atoms with Crippen molar-refractivity contribution in [2.24, 2.45) is 11.7 Å². The maximum absolute atomic E-state index is 11.4. The molecule has 1 aliphatic carbocycles. The lowest BCUT2D eigenvalue weighted by Crippen LogP contribution is -2.13. The number of H-pyrrole nitrogens is 1. The average molecular weight is 322 g/mol. The summed E-state index contributed by atoms with van der Waals surface area (Å²) in [4.78, 5) is 23.1. The normalized spacial score (nSPS) is 16.1. The van der Waals surface area contributed by atoms with Crippen LogP contribution in [0.25, 0.3) is 28.0 Å². The van der Waals surface area contributed by atoms with Crippen LogP contribution in [-0.2, 0) is 4.79 Å². The van der Waals surface area contributed by atoms with Crippen LogP contribution in [0, 0.1) is 5.92 Å². The summed E-state index contributed by atoms with van der Waals surface area (Å²) < 4.78 is 1.76. The van der Waals surface area contributed by atoms with Gasteiger partial charge in [-0.1, -0.05) is 12.8 Å². The Balaban J connectivity index is 1.75. The molecule has 0 aromatic carbocycles. The molecule has 1 saturated carbocycles. The van der Waals surface area contributed by atoms with Gasteiger partial charge in [-0.05, 0) is 18.9 Å². The molecule has 1 fully saturated rings. The summed E-state index contributed by atoms with van der Waals surface area (Å²) in [6.45, 7) is 0. The van der Waals surface area contributed by atoms with Gasteiger partial charge in [0.15, 0.2) is 0 Å². The topological polar surface area (TPSA) is 102 Å². The lowest BCUT2D eigenvalue weighted by molar-refractivity contribution is -0.113. The van der Waals surface area contributed by atoms with E-state index in [1.165, 1.54) is 25.2 Å². The van der Waals surface area contributed by atoms with Crippen molar-refractivity contribution < 1.29 is 4.79 Å². The van der Waals surface area contributed by atoms with E-state index in [0.717, 1.165) is 40.8 Å². The van der Waals surface area contributed by atoms with Crippen molar-refractivity contribution >= 4 is 22.6 Å². The second kappa shape index (κ2) is 5.92. The number of hydrogen-bond donors (Lipinski definition) is 2. The van der Waals surface area contributed by atoms with Crippen molar-refractivity contribution in [2.45, 2.75) is 25.7 Å². The molecule has 0 unspecified atom stereocenters. The van der Waals surface area contributed by atoms with E-state index in [1.807, 2.05) is 18.5 Å². The van der Waals surface area contributed by atoms with Gasteiger partial charge < -0.3 is 10.7 Å². The Bertz CT molecular complexity index is 916. The molecule has 1 aliphatic rings. The standard InChI is InChI=1S/C17H18N6O/c18-15(24)7-14(11-3-1-2-4-11)23-9-12(8-22-23)16-13-5-6-19-17(13)21-10-20-16/h5-11H,1-4H2,(H2,18,24)(H,19,20,21)/b14-7+. The second-order valence-corrected chi connectivity index (χ2v) is 6.09. The van der Waals surface area contributed by atoms with Crippen molar-refractivity contribution in [1.29, 1.82) is 0 Å². The molecule has 24 heavy (non-hydrogen) atoms. The minimum absolute atomic E-state index is 0.322. The first-order chi connectivity index (χ1) is 11.7. The number of allylic oxidation sites excluding steroid dienone is 1. The predicted octanol–water partition coefficient (Wildman–Crippen LogP) is 2.34. The predicted molar refractivity (Wildman–Crippen MR) is 90.5 cm³/mol. The fourth-order valence-corrected chi connectivity index (χ4v) is 3.43. The van der Waals surface area contributed by atoms with E-state index in [2.05, 4.69) is 20.1 Å². The summed E-state index contributed by atoms with van der Waals surface area (Å²) in [5.74, 6) is -0.119. The maximum atomic E-state index is 11.4. The maximum Gasteiger partial charge on any atom is 0.243 e. The zero-order valence-corrected chi connectivity index (χ0v) is 13.1. The van der Waals surface area contributed by atoms with Gasteiger partial charge in [-0.25, -0.2) is 14.6 Å². The van der Waals surface area contributed by atoms with Crippen LogP contribution in [0.5, 0.6) is 0 Å². The van der Waals surface area contributed by atoms with Gasteiger partial charge in [-0.3, -0.25) is 4.79 Å². The Morgan fingerprint density at radius 1 is 1.33 bits per heavy atom. The van der Waals surface area contributed by atoms with Crippen LogP contribution < -0.4 is 5.73 Å². The van der Waals surface area contributed by atoms with E-state index >= 15 is 0 Å². The number of aromatic nitrogens is 5. The highest BCUT2D eigenvalue weighted by atomic mass is 16.1. The first kappa shape index (κ1) is 14.6. The zero-order valence-electron chi connectivity index (χ0n) is 13.1. The molecular formula is C17H18N6O. The summed E-state index contributed by atoms with van der Waals surface area (Å²) in [5.41, 5.74) is 8.75. The lowest BCUT2D eigenvalue weighted by Gasteiger charge is -2.14. The van der Waals surface area contributed by atoms with Gasteiger partial charge in [-0.2, -0.15) is 5.10 Å². The van der Waals surface area contributed by atoms with E-state index < -0.39 is 5.91 Å². The minimum atomic E-state index is -0.441. The molecule has 1 amide bonds. The number of carbonyl (C=O) groups excluding carboxylic acids is 1. The van der Waals surface area contributed by atoms with E-state index in [0.29, 0.717) is 5.92 Å². The first-order valence-corrected chi connectivity index (χ1v) is 8.07. The van der Waals surface area contributed by atoms with Gasteiger partial charge in [0.1, 0.15) is 12.0 Å². The molecule has 7 heteroatoms. The summed E-state index contributed by atoms with van der Waals surface area (Å²) >= 11 is 0. The van der Waals surface area contributed by atoms with Crippen molar-refractivity contribution in [3.05, 3.63) is 37.1 Å². The largest absolute Gasteiger partial charge is 0.366 e. The molecule has 0 atom stereocenters.